The third-order valence-corrected chi connectivity index (χ3v) is 3.02. The fraction of sp³-hybridized carbons (Fsp3) is 0.0588. The first kappa shape index (κ1) is 16.1. The van der Waals surface area contributed by atoms with E-state index in [-0.39, 0.29) is 17.4 Å². The smallest absolute Gasteiger partial charge is 0.269 e. The van der Waals surface area contributed by atoms with Crippen molar-refractivity contribution in [2.24, 2.45) is 0 Å². The van der Waals surface area contributed by atoms with E-state index < -0.39 is 4.92 Å². The molecule has 2 aromatic rings. The van der Waals surface area contributed by atoms with Gasteiger partial charge >= 0.3 is 0 Å². The lowest BCUT2D eigenvalue weighted by molar-refractivity contribution is -0.384. The molecular formula is C17H14N2O4. The van der Waals surface area contributed by atoms with Crippen LogP contribution in [0.1, 0.15) is 22.8 Å². The maximum absolute atomic E-state index is 12.0. The number of carbonyl (C=O) groups excluding carboxylic acids is 2. The van der Waals surface area contributed by atoms with Crippen molar-refractivity contribution < 1.29 is 14.5 Å². The first-order chi connectivity index (χ1) is 11.0. The van der Waals surface area contributed by atoms with E-state index in [1.165, 1.54) is 37.3 Å². The average Bonchev–Trinajstić information content (AvgIpc) is 2.53. The second-order valence-electron chi connectivity index (χ2n) is 4.80. The zero-order valence-corrected chi connectivity index (χ0v) is 12.4. The molecule has 116 valence electrons. The minimum Gasteiger partial charge on any atom is -0.326 e. The largest absolute Gasteiger partial charge is 0.326 e. The van der Waals surface area contributed by atoms with Gasteiger partial charge in [-0.3, -0.25) is 19.7 Å². The first-order valence-electron chi connectivity index (χ1n) is 6.80. The Morgan fingerprint density at radius 3 is 2.17 bits per heavy atom. The molecule has 23 heavy (non-hydrogen) atoms. The number of nitrogens with zero attached hydrogens (tertiary/aromatic N) is 1. The van der Waals surface area contributed by atoms with Crippen molar-refractivity contribution in [3.8, 4) is 0 Å². The van der Waals surface area contributed by atoms with Gasteiger partial charge in [-0.15, -0.1) is 0 Å². The van der Waals surface area contributed by atoms with Crippen molar-refractivity contribution in [3.63, 3.8) is 0 Å². The molecule has 0 unspecified atom stereocenters. The molecule has 6 heteroatoms. The van der Waals surface area contributed by atoms with Crippen LogP contribution < -0.4 is 5.32 Å². The van der Waals surface area contributed by atoms with Crippen LogP contribution in [0.5, 0.6) is 0 Å². The highest BCUT2D eigenvalue weighted by atomic mass is 16.6. The Balaban J connectivity index is 2.05. The van der Waals surface area contributed by atoms with E-state index in [4.69, 9.17) is 0 Å². The van der Waals surface area contributed by atoms with Gasteiger partial charge in [-0.05, 0) is 35.9 Å². The van der Waals surface area contributed by atoms with Crippen LogP contribution in [0.15, 0.2) is 54.6 Å². The average molecular weight is 310 g/mol. The van der Waals surface area contributed by atoms with Crippen molar-refractivity contribution in [3.05, 3.63) is 75.8 Å². The topological polar surface area (TPSA) is 89.3 Å². The van der Waals surface area contributed by atoms with E-state index in [2.05, 4.69) is 5.32 Å². The Labute approximate surface area is 132 Å². The van der Waals surface area contributed by atoms with Crippen LogP contribution in [-0.2, 0) is 4.79 Å². The van der Waals surface area contributed by atoms with E-state index in [1.54, 1.807) is 30.3 Å². The lowest BCUT2D eigenvalue weighted by atomic mass is 10.1. The van der Waals surface area contributed by atoms with Crippen molar-refractivity contribution in [1.82, 2.24) is 0 Å². The van der Waals surface area contributed by atoms with Gasteiger partial charge < -0.3 is 5.32 Å². The van der Waals surface area contributed by atoms with Gasteiger partial charge in [-0.25, -0.2) is 0 Å². The number of hydrogen-bond donors (Lipinski definition) is 1. The summed E-state index contributed by atoms with van der Waals surface area (Å²) in [7, 11) is 0. The van der Waals surface area contributed by atoms with Crippen LogP contribution in [-0.4, -0.2) is 16.6 Å². The van der Waals surface area contributed by atoms with Gasteiger partial charge in [0.05, 0.1) is 4.92 Å². The number of non-ortho nitro benzene ring substituents is 1. The second kappa shape index (κ2) is 7.13. The second-order valence-corrected chi connectivity index (χ2v) is 4.80. The van der Waals surface area contributed by atoms with E-state index >= 15 is 0 Å². The molecule has 0 saturated carbocycles. The highest BCUT2D eigenvalue weighted by Crippen LogP contribution is 2.14. The predicted molar refractivity (Wildman–Crippen MR) is 87.2 cm³/mol. The third-order valence-electron chi connectivity index (χ3n) is 3.02. The normalized spacial score (nSPS) is 10.5. The molecule has 0 aliphatic rings. The number of nitrogens with one attached hydrogen (secondary N) is 1. The maximum atomic E-state index is 12.0. The van der Waals surface area contributed by atoms with Crippen LogP contribution in [0, 0.1) is 10.1 Å². The molecule has 1 N–H and O–H groups in total. The molecule has 0 bridgehead atoms. The van der Waals surface area contributed by atoms with Crippen molar-refractivity contribution in [2.75, 3.05) is 5.32 Å². The molecule has 0 saturated heterocycles. The Hall–Kier alpha value is -3.28. The molecule has 0 fully saturated rings. The molecule has 0 aromatic heterocycles. The fourth-order valence-corrected chi connectivity index (χ4v) is 1.90. The molecule has 0 heterocycles. The molecule has 0 radical (unpaired) electrons. The predicted octanol–water partition coefficient (Wildman–Crippen LogP) is 3.45. The summed E-state index contributed by atoms with van der Waals surface area (Å²) in [5.74, 6) is -0.396. The zero-order chi connectivity index (χ0) is 16.8. The molecule has 2 aromatic carbocycles. The van der Waals surface area contributed by atoms with E-state index in [1.807, 2.05) is 0 Å². The summed E-state index contributed by atoms with van der Waals surface area (Å²) in [6.45, 7) is 1.43. The highest BCUT2D eigenvalue weighted by molar-refractivity contribution is 6.06. The lowest BCUT2D eigenvalue weighted by Crippen LogP contribution is -2.05. The summed E-state index contributed by atoms with van der Waals surface area (Å²) in [5, 5.41) is 13.2. The zero-order valence-electron chi connectivity index (χ0n) is 12.4. The number of amides is 1. The van der Waals surface area contributed by atoms with Gasteiger partial charge in [-0.1, -0.05) is 18.2 Å². The molecule has 0 spiro atoms. The summed E-state index contributed by atoms with van der Waals surface area (Å²) in [6, 6.07) is 12.4. The van der Waals surface area contributed by atoms with E-state index in [0.29, 0.717) is 11.3 Å². The molecule has 0 aliphatic heterocycles. The molecule has 0 aliphatic carbocycles. The number of nitro groups is 1. The van der Waals surface area contributed by atoms with Crippen LogP contribution in [0.4, 0.5) is 11.4 Å². The summed E-state index contributed by atoms with van der Waals surface area (Å²) in [4.78, 5) is 33.0. The Bertz CT molecular complexity index is 762. The first-order valence-corrected chi connectivity index (χ1v) is 6.80. The van der Waals surface area contributed by atoms with Gasteiger partial charge in [0.25, 0.3) is 5.69 Å². The lowest BCUT2D eigenvalue weighted by Gasteiger charge is -2.01. The van der Waals surface area contributed by atoms with Crippen LogP contribution in [0.2, 0.25) is 0 Å². The molecule has 0 atom stereocenters. The van der Waals surface area contributed by atoms with Crippen molar-refractivity contribution in [1.29, 1.82) is 0 Å². The minimum absolute atomic E-state index is 0.0564. The van der Waals surface area contributed by atoms with Crippen molar-refractivity contribution in [2.45, 2.75) is 6.92 Å². The van der Waals surface area contributed by atoms with E-state index in [9.17, 15) is 19.7 Å². The monoisotopic (exact) mass is 310 g/mol. The summed E-state index contributed by atoms with van der Waals surface area (Å²) >= 11 is 0. The number of rotatable bonds is 5. The van der Waals surface area contributed by atoms with E-state index in [0.717, 1.165) is 5.56 Å². The Kier molecular flexibility index (Phi) is 4.99. The SMILES string of the molecule is CC(=O)Nc1ccc(C=CC(=O)c2ccc([N+](=O)[O-])cc2)cc1. The molecule has 2 rings (SSSR count). The number of carbonyl (C=O) groups is 2. The molecular weight excluding hydrogens is 296 g/mol. The number of benzene rings is 2. The van der Waals surface area contributed by atoms with Gasteiger partial charge in [-0.2, -0.15) is 0 Å². The number of nitro benzene ring substituents is 1. The van der Waals surface area contributed by atoms with Crippen LogP contribution in [0.25, 0.3) is 6.08 Å². The van der Waals surface area contributed by atoms with Gasteiger partial charge in [0.2, 0.25) is 5.91 Å². The fourth-order valence-electron chi connectivity index (χ4n) is 1.90. The van der Waals surface area contributed by atoms with Crippen LogP contribution >= 0.6 is 0 Å². The van der Waals surface area contributed by atoms with Crippen molar-refractivity contribution >= 4 is 29.1 Å². The van der Waals surface area contributed by atoms with Gasteiger partial charge in [0, 0.05) is 30.3 Å². The quantitative estimate of drug-likeness (QED) is 0.396. The Morgan fingerprint density at radius 2 is 1.65 bits per heavy atom. The van der Waals surface area contributed by atoms with Crippen LogP contribution in [0.3, 0.4) is 0 Å². The molecule has 1 amide bonds. The Morgan fingerprint density at radius 1 is 1.04 bits per heavy atom. The third kappa shape index (κ3) is 4.60. The summed E-state index contributed by atoms with van der Waals surface area (Å²) in [6.07, 6.45) is 3.04. The molecule has 6 nitrogen and oxygen atoms in total. The standard InChI is InChI=1S/C17H14N2O4/c1-12(20)18-15-7-2-13(3-8-15)4-11-17(21)14-5-9-16(10-6-14)19(22)23/h2-11H,1H3,(H,18,20). The summed E-state index contributed by atoms with van der Waals surface area (Å²) < 4.78 is 0. The number of ketones is 1. The minimum atomic E-state index is -0.513. The van der Waals surface area contributed by atoms with Gasteiger partial charge in [0.15, 0.2) is 5.78 Å². The number of allylic oxidation sites excluding steroid dienone is 1. The number of hydrogen-bond acceptors (Lipinski definition) is 4. The maximum Gasteiger partial charge on any atom is 0.269 e. The summed E-state index contributed by atoms with van der Waals surface area (Å²) in [5.41, 5.74) is 1.80. The number of anilines is 1. The highest BCUT2D eigenvalue weighted by Gasteiger charge is 2.07. The van der Waals surface area contributed by atoms with Gasteiger partial charge in [0.1, 0.15) is 0 Å².